The maximum atomic E-state index is 14.5. The molecule has 1 aromatic carbocycles. The first-order valence-corrected chi connectivity index (χ1v) is 33.7. The zero-order chi connectivity index (χ0) is 72.8. The minimum Gasteiger partial charge on any atom is -0.391 e. The quantitative estimate of drug-likeness (QED) is 0.0262. The number of nitrogens with two attached hydrogens (primary N) is 5. The minimum absolute atomic E-state index is 0.0173. The van der Waals surface area contributed by atoms with Crippen LogP contribution in [0.25, 0.3) is 0 Å². The maximum absolute atomic E-state index is 14.5. The Balaban J connectivity index is 0.00000817. The Bertz CT molecular complexity index is 2780. The van der Waals surface area contributed by atoms with Crippen LogP contribution in [0.3, 0.4) is 0 Å². The topological polar surface area (TPSA) is 640 Å². The molecule has 0 radical (unpaired) electrons. The molecule has 544 valence electrons. The van der Waals surface area contributed by atoms with E-state index in [-0.39, 0.29) is 90.0 Å². The molecule has 0 aromatic heterocycles. The van der Waals surface area contributed by atoms with Crippen LogP contribution in [-0.2, 0) is 80.0 Å². The Morgan fingerprint density at radius 3 is 1.44 bits per heavy atom. The van der Waals surface area contributed by atoms with Crippen molar-refractivity contribution in [3.05, 3.63) is 35.9 Å². The third-order valence-corrected chi connectivity index (χ3v) is 14.3. The van der Waals surface area contributed by atoms with E-state index in [0.29, 0.717) is 17.9 Å². The van der Waals surface area contributed by atoms with E-state index >= 15 is 0 Å². The molecule has 95 heavy (non-hydrogen) atoms. The van der Waals surface area contributed by atoms with E-state index < -0.39 is 171 Å². The van der Waals surface area contributed by atoms with Crippen molar-refractivity contribution in [3.8, 4) is 0 Å². The second-order valence-electron chi connectivity index (χ2n) is 22.9. The lowest BCUT2D eigenvalue weighted by atomic mass is 10.00. The molecule has 0 bridgehead atoms. The summed E-state index contributed by atoms with van der Waals surface area (Å²) in [6, 6.07) is -6.23. The smallest absolute Gasteiger partial charge is 0.391 e. The number of aliphatic hydroxyl groups is 2. The Morgan fingerprint density at radius 1 is 0.547 bits per heavy atom. The third kappa shape index (κ3) is 38.9. The molecule has 11 amide bonds. The van der Waals surface area contributed by atoms with Gasteiger partial charge < -0.3 is 97.4 Å². The lowest BCUT2D eigenvalue weighted by Gasteiger charge is -2.29. The number of carbonyl (C=O) groups excluding carboxylic acids is 11. The highest BCUT2D eigenvalue weighted by atomic mass is 32.3. The van der Waals surface area contributed by atoms with E-state index in [9.17, 15) is 63.0 Å². The summed E-state index contributed by atoms with van der Waals surface area (Å²) in [5.41, 5.74) is 29.9. The van der Waals surface area contributed by atoms with Crippen LogP contribution in [0, 0.1) is 11.8 Å². The SMILES string of the molecule is CCC(C)CCCCC(=O)N[C@@H](CCN)C(=O)N[C@H](C(=O)N[C@@H](CCN)C(=O)N[C@H]1CCNC(=O)[C@H]([C@@H](C)O)NC(=O)[C@H](CCN)NC(=O)[C@H](CCN)NC(=O)[C@H](CC(C)C)NC(=O)[C@@H](Cc2ccccc2)NC(=O)[C@@H](CCN)NC1=O)[C@@H](C)O.O=S(=O)(O)O.O=S(=O)(O)O. The van der Waals surface area contributed by atoms with Gasteiger partial charge in [-0.25, -0.2) is 0 Å². The van der Waals surface area contributed by atoms with Crippen molar-refractivity contribution in [1.82, 2.24) is 58.5 Å². The van der Waals surface area contributed by atoms with Crippen molar-refractivity contribution in [2.75, 3.05) is 39.3 Å². The van der Waals surface area contributed by atoms with Gasteiger partial charge in [-0.1, -0.05) is 77.3 Å². The Labute approximate surface area is 553 Å². The molecule has 37 nitrogen and oxygen atoms in total. The molecule has 1 fully saturated rings. The predicted molar refractivity (Wildman–Crippen MR) is 345 cm³/mol. The van der Waals surface area contributed by atoms with Crippen molar-refractivity contribution >= 4 is 85.8 Å². The van der Waals surface area contributed by atoms with Crippen molar-refractivity contribution in [2.45, 2.75) is 198 Å². The van der Waals surface area contributed by atoms with E-state index in [0.717, 1.165) is 19.3 Å². The summed E-state index contributed by atoms with van der Waals surface area (Å²) in [4.78, 5) is 154. The molecule has 1 heterocycles. The number of hydrogen-bond acceptors (Lipinski definition) is 22. The third-order valence-electron chi connectivity index (χ3n) is 14.3. The number of aliphatic hydroxyl groups excluding tert-OH is 2. The van der Waals surface area contributed by atoms with Gasteiger partial charge in [-0.3, -0.25) is 71.0 Å². The zero-order valence-electron chi connectivity index (χ0n) is 54.4. The fourth-order valence-corrected chi connectivity index (χ4v) is 9.12. The average Bonchev–Trinajstić information content (AvgIpc) is 1.05. The summed E-state index contributed by atoms with van der Waals surface area (Å²) in [5, 5.41) is 49.7. The number of hydrogen-bond donors (Lipinski definition) is 22. The van der Waals surface area contributed by atoms with Gasteiger partial charge in [0.15, 0.2) is 0 Å². The first-order valence-electron chi connectivity index (χ1n) is 30.9. The molecule has 1 unspecified atom stereocenters. The molecule has 1 aliphatic heterocycles. The van der Waals surface area contributed by atoms with E-state index in [4.69, 9.17) is 63.7 Å². The van der Waals surface area contributed by atoms with Gasteiger partial charge in [-0.15, -0.1) is 0 Å². The monoisotopic (exact) mass is 1400 g/mol. The lowest BCUT2D eigenvalue weighted by molar-refractivity contribution is -0.137. The van der Waals surface area contributed by atoms with Crippen LogP contribution < -0.4 is 87.2 Å². The minimum atomic E-state index is -4.67. The highest BCUT2D eigenvalue weighted by Crippen LogP contribution is 2.14. The van der Waals surface area contributed by atoms with Crippen LogP contribution in [0.4, 0.5) is 0 Å². The fraction of sp³-hybridized carbons (Fsp3) is 0.696. The summed E-state index contributed by atoms with van der Waals surface area (Å²) in [6.07, 6.45) is -1.05. The van der Waals surface area contributed by atoms with Crippen LogP contribution in [0.5, 0.6) is 0 Å². The number of benzene rings is 1. The van der Waals surface area contributed by atoms with Gasteiger partial charge in [0.2, 0.25) is 65.0 Å². The van der Waals surface area contributed by atoms with Crippen LogP contribution in [0.2, 0.25) is 0 Å². The zero-order valence-corrected chi connectivity index (χ0v) is 56.0. The molecule has 1 saturated heterocycles. The average molecular weight is 1400 g/mol. The normalized spacial score (nSPS) is 21.7. The van der Waals surface area contributed by atoms with E-state index in [2.05, 4.69) is 72.3 Å². The number of unbranched alkanes of at least 4 members (excludes halogenated alkanes) is 1. The first kappa shape index (κ1) is 87.9. The molecular formula is C56H102N16O21S2. The van der Waals surface area contributed by atoms with E-state index in [1.807, 2.05) is 0 Å². The molecular weight excluding hydrogens is 1300 g/mol. The molecule has 2 rings (SSSR count). The summed E-state index contributed by atoms with van der Waals surface area (Å²) in [5.74, 6) is -9.45. The van der Waals surface area contributed by atoms with Crippen LogP contribution in [0.15, 0.2) is 30.3 Å². The number of nitrogens with one attached hydrogen (secondary N) is 11. The predicted octanol–water partition coefficient (Wildman–Crippen LogP) is -6.55. The van der Waals surface area contributed by atoms with Gasteiger partial charge in [-0.05, 0) is 115 Å². The molecule has 0 spiro atoms. The standard InChI is InChI=1S/C56H98N16O13.2H2O4S/c1-7-32(4)13-11-12-16-44(75)63-36(17-23-57)51(80)72-46(34(6)74)56(85)68-39(20-26-60)48(77)67-41-22-28-62-55(84)45(33(5)73)71-52(81)40(21-27-61)65-47(76)37(18-24-58)66-53(82)42(29-31(2)3)69-54(83)43(30-35-14-9-8-10-15-35)70-49(78)38(19-25-59)64-50(41)79;2*1-5(2,3)4/h8-10,14-15,31-34,36-43,45-46,73-74H,7,11-13,16-30,57-61H2,1-6H3,(H,62,84)(H,63,75)(H,64,79)(H,65,76)(H,66,82)(H,67,77)(H,68,85)(H,69,83)(H,70,78)(H,71,81)(H,72,80);2*(H2,1,2,3,4)/t32?,33-,34-,36+,37+,38-,39+,40+,41+,42+,43-,45+,46+;;/m1../s1. The molecule has 1 aromatic rings. The summed E-state index contributed by atoms with van der Waals surface area (Å²) >= 11 is 0. The molecule has 27 N–H and O–H groups in total. The summed E-state index contributed by atoms with van der Waals surface area (Å²) < 4.78 is 63.2. The van der Waals surface area contributed by atoms with Gasteiger partial charge in [0.1, 0.15) is 60.4 Å². The Kier molecular flexibility index (Phi) is 42.6. The molecule has 0 saturated carbocycles. The lowest BCUT2D eigenvalue weighted by Crippen LogP contribution is -2.62. The second kappa shape index (κ2) is 46.1. The van der Waals surface area contributed by atoms with Gasteiger partial charge >= 0.3 is 20.8 Å². The Morgan fingerprint density at radius 2 is 0.989 bits per heavy atom. The van der Waals surface area contributed by atoms with E-state index in [1.165, 1.54) is 13.8 Å². The van der Waals surface area contributed by atoms with Crippen LogP contribution in [-0.4, -0.2) is 222 Å². The Hall–Kier alpha value is -7.15. The highest BCUT2D eigenvalue weighted by molar-refractivity contribution is 7.80. The van der Waals surface area contributed by atoms with Gasteiger partial charge in [0.25, 0.3) is 0 Å². The van der Waals surface area contributed by atoms with E-state index in [1.54, 1.807) is 44.2 Å². The van der Waals surface area contributed by atoms with Crippen molar-refractivity contribution in [2.24, 2.45) is 40.5 Å². The highest BCUT2D eigenvalue weighted by Gasteiger charge is 2.38. The van der Waals surface area contributed by atoms with Crippen molar-refractivity contribution < 1.29 is 98.0 Å². The number of rotatable bonds is 29. The molecule has 1 aliphatic rings. The van der Waals surface area contributed by atoms with Gasteiger partial charge in [-0.2, -0.15) is 16.8 Å². The van der Waals surface area contributed by atoms with Gasteiger partial charge in [0.05, 0.1) is 12.2 Å². The van der Waals surface area contributed by atoms with Gasteiger partial charge in [0, 0.05) is 19.4 Å². The summed E-state index contributed by atoms with van der Waals surface area (Å²) in [6.45, 7) is 9.00. The molecule has 39 heteroatoms. The van der Waals surface area contributed by atoms with Crippen LogP contribution >= 0.6 is 0 Å². The molecule has 0 aliphatic carbocycles. The fourth-order valence-electron chi connectivity index (χ4n) is 9.12. The first-order chi connectivity index (χ1) is 44.3. The van der Waals surface area contributed by atoms with Crippen molar-refractivity contribution in [1.29, 1.82) is 0 Å². The second-order valence-corrected chi connectivity index (χ2v) is 24.7. The summed E-state index contributed by atoms with van der Waals surface area (Å²) in [7, 11) is -9.33. The van der Waals surface area contributed by atoms with Crippen molar-refractivity contribution in [3.63, 3.8) is 0 Å². The maximum Gasteiger partial charge on any atom is 0.394 e. The number of amides is 11. The molecule has 13 atom stereocenters. The largest absolute Gasteiger partial charge is 0.394 e. The number of carbonyl (C=O) groups is 11. The van der Waals surface area contributed by atoms with Crippen LogP contribution in [0.1, 0.15) is 124 Å².